The molecule has 1 aromatic heterocycles. The Bertz CT molecular complexity index is 1280. The first-order chi connectivity index (χ1) is 19.4. The molecule has 2 unspecified atom stereocenters. The molecule has 3 aromatic rings. The summed E-state index contributed by atoms with van der Waals surface area (Å²) in [5, 5.41) is 19.7. The number of carboxylic acid groups (broad SMARTS) is 1. The average Bonchev–Trinajstić information content (AvgIpc) is 3.70. The Morgan fingerprint density at radius 1 is 1.02 bits per heavy atom. The molecule has 4 rings (SSSR count). The van der Waals surface area contributed by atoms with Gasteiger partial charge in [0.15, 0.2) is 0 Å². The van der Waals surface area contributed by atoms with Crippen LogP contribution in [0.5, 0.6) is 0 Å². The van der Waals surface area contributed by atoms with Crippen LogP contribution in [0.1, 0.15) is 91.3 Å². The van der Waals surface area contributed by atoms with Gasteiger partial charge in [0.05, 0.1) is 18.2 Å². The van der Waals surface area contributed by atoms with E-state index in [9.17, 15) is 15.0 Å². The topological polar surface area (TPSA) is 70.4 Å². The molecule has 0 aliphatic heterocycles. The molecule has 1 fully saturated rings. The standard InChI is InChI=1S/C35H43NO3S/c1-3-4-13-31-14-8-15-32(36-31)18-16-27-9-7-12-30(23-27)33(40-25-35(20-21-35)24-34(38)39)19-17-28-10-5-6-11-29(28)22-26(2)37/h5-12,14-16,18,23,26,33,37H,3-4,13,17,19-22,24-25H2,1-2H3,(H,38,39). The van der Waals surface area contributed by atoms with Crippen molar-refractivity contribution in [3.63, 3.8) is 0 Å². The Balaban J connectivity index is 1.51. The van der Waals surface area contributed by atoms with Crippen LogP contribution in [-0.4, -0.2) is 33.0 Å². The highest BCUT2D eigenvalue weighted by molar-refractivity contribution is 7.99. The number of aliphatic carboxylic acids is 1. The third-order valence-corrected chi connectivity index (χ3v) is 9.42. The molecule has 5 heteroatoms. The fraction of sp³-hybridized carbons (Fsp3) is 0.429. The van der Waals surface area contributed by atoms with E-state index in [1.165, 1.54) is 16.7 Å². The average molecular weight is 558 g/mol. The van der Waals surface area contributed by atoms with Crippen LogP contribution >= 0.6 is 11.8 Å². The molecular formula is C35H43NO3S. The SMILES string of the molecule is CCCCc1cccc(C=Cc2cccc(C(CCc3ccccc3CC(C)O)SCC3(CC(=O)O)CC3)c2)n1. The monoisotopic (exact) mass is 557 g/mol. The fourth-order valence-corrected chi connectivity index (χ4v) is 6.80. The summed E-state index contributed by atoms with van der Waals surface area (Å²) in [5.41, 5.74) is 6.97. The first kappa shape index (κ1) is 30.1. The molecule has 1 heterocycles. The van der Waals surface area contributed by atoms with Crippen molar-refractivity contribution < 1.29 is 15.0 Å². The molecule has 2 aromatic carbocycles. The summed E-state index contributed by atoms with van der Waals surface area (Å²) in [6, 6.07) is 23.4. The molecule has 1 aliphatic rings. The third-order valence-electron chi connectivity index (χ3n) is 7.73. The highest BCUT2D eigenvalue weighted by Gasteiger charge is 2.44. The van der Waals surface area contributed by atoms with Crippen LogP contribution in [0, 0.1) is 5.41 Å². The lowest BCUT2D eigenvalue weighted by molar-refractivity contribution is -0.138. The molecular weight excluding hydrogens is 514 g/mol. The number of thioether (sulfide) groups is 1. The van der Waals surface area contributed by atoms with E-state index < -0.39 is 5.97 Å². The largest absolute Gasteiger partial charge is 0.481 e. The molecule has 0 saturated heterocycles. The summed E-state index contributed by atoms with van der Waals surface area (Å²) in [6.45, 7) is 4.04. The van der Waals surface area contributed by atoms with E-state index in [4.69, 9.17) is 4.98 Å². The number of hydrogen-bond acceptors (Lipinski definition) is 4. The molecule has 212 valence electrons. The van der Waals surface area contributed by atoms with Gasteiger partial charge in [0.25, 0.3) is 0 Å². The lowest BCUT2D eigenvalue weighted by atomic mass is 9.96. The number of aromatic nitrogens is 1. The van der Waals surface area contributed by atoms with Gasteiger partial charge in [0.1, 0.15) is 0 Å². The van der Waals surface area contributed by atoms with Gasteiger partial charge in [0.2, 0.25) is 0 Å². The molecule has 0 radical (unpaired) electrons. The van der Waals surface area contributed by atoms with Crippen LogP contribution in [0.2, 0.25) is 0 Å². The second-order valence-electron chi connectivity index (χ2n) is 11.4. The maximum atomic E-state index is 11.5. The number of benzene rings is 2. The Hall–Kier alpha value is -2.89. The van der Waals surface area contributed by atoms with Crippen molar-refractivity contribution in [2.24, 2.45) is 5.41 Å². The molecule has 40 heavy (non-hydrogen) atoms. The van der Waals surface area contributed by atoms with E-state index in [-0.39, 0.29) is 23.2 Å². The second-order valence-corrected chi connectivity index (χ2v) is 12.6. The van der Waals surface area contributed by atoms with Crippen molar-refractivity contribution in [1.29, 1.82) is 0 Å². The maximum absolute atomic E-state index is 11.5. The number of aliphatic hydroxyl groups is 1. The first-order valence-corrected chi connectivity index (χ1v) is 15.7. The predicted molar refractivity (Wildman–Crippen MR) is 167 cm³/mol. The van der Waals surface area contributed by atoms with E-state index in [1.807, 2.05) is 24.8 Å². The molecule has 0 spiro atoms. The summed E-state index contributed by atoms with van der Waals surface area (Å²) in [6.07, 6.45) is 12.0. The number of unbranched alkanes of at least 4 members (excludes halogenated alkanes) is 1. The van der Waals surface area contributed by atoms with Crippen LogP contribution in [0.4, 0.5) is 0 Å². The van der Waals surface area contributed by atoms with E-state index in [2.05, 4.69) is 79.7 Å². The molecule has 0 bridgehead atoms. The smallest absolute Gasteiger partial charge is 0.303 e. The van der Waals surface area contributed by atoms with Crippen molar-refractivity contribution in [1.82, 2.24) is 4.98 Å². The van der Waals surface area contributed by atoms with Gasteiger partial charge >= 0.3 is 5.97 Å². The minimum absolute atomic E-state index is 0.0506. The van der Waals surface area contributed by atoms with Gasteiger partial charge in [-0.3, -0.25) is 9.78 Å². The van der Waals surface area contributed by atoms with E-state index in [0.717, 1.165) is 67.6 Å². The molecule has 1 aliphatic carbocycles. The highest BCUT2D eigenvalue weighted by atomic mass is 32.2. The summed E-state index contributed by atoms with van der Waals surface area (Å²) < 4.78 is 0. The summed E-state index contributed by atoms with van der Waals surface area (Å²) >= 11 is 1.91. The second kappa shape index (κ2) is 14.7. The van der Waals surface area contributed by atoms with Crippen molar-refractivity contribution in [3.8, 4) is 0 Å². The van der Waals surface area contributed by atoms with Gasteiger partial charge in [-0.15, -0.1) is 0 Å². The zero-order chi connectivity index (χ0) is 28.4. The minimum atomic E-state index is -0.693. The van der Waals surface area contributed by atoms with Crippen LogP contribution in [0.3, 0.4) is 0 Å². The third kappa shape index (κ3) is 9.35. The van der Waals surface area contributed by atoms with Gasteiger partial charge in [-0.25, -0.2) is 0 Å². The lowest BCUT2D eigenvalue weighted by Crippen LogP contribution is -2.13. The number of pyridine rings is 1. The predicted octanol–water partition coefficient (Wildman–Crippen LogP) is 8.18. The number of aliphatic hydroxyl groups excluding tert-OH is 1. The Kier molecular flexibility index (Phi) is 11.0. The minimum Gasteiger partial charge on any atom is -0.481 e. The molecule has 2 N–H and O–H groups in total. The van der Waals surface area contributed by atoms with Crippen LogP contribution in [0.25, 0.3) is 12.2 Å². The number of rotatable bonds is 16. The quantitative estimate of drug-likeness (QED) is 0.186. The van der Waals surface area contributed by atoms with Crippen LogP contribution in [0.15, 0.2) is 66.7 Å². The fourth-order valence-electron chi connectivity index (χ4n) is 5.23. The van der Waals surface area contributed by atoms with Crippen LogP contribution < -0.4 is 0 Å². The van der Waals surface area contributed by atoms with Gasteiger partial charge in [-0.1, -0.05) is 74.0 Å². The lowest BCUT2D eigenvalue weighted by Gasteiger charge is -2.22. The summed E-state index contributed by atoms with van der Waals surface area (Å²) in [7, 11) is 0. The number of carboxylic acids is 1. The maximum Gasteiger partial charge on any atom is 0.303 e. The van der Waals surface area contributed by atoms with Crippen LogP contribution in [-0.2, 0) is 24.1 Å². The summed E-state index contributed by atoms with van der Waals surface area (Å²) in [5.74, 6) is 0.176. The van der Waals surface area contributed by atoms with Crippen molar-refractivity contribution >= 4 is 29.9 Å². The van der Waals surface area contributed by atoms with Gasteiger partial charge in [0, 0.05) is 16.7 Å². The Labute approximate surface area is 244 Å². The number of aryl methyl sites for hydroxylation is 2. The zero-order valence-electron chi connectivity index (χ0n) is 23.9. The summed E-state index contributed by atoms with van der Waals surface area (Å²) in [4.78, 5) is 16.3. The van der Waals surface area contributed by atoms with Gasteiger partial charge < -0.3 is 10.2 Å². The number of hydrogen-bond donors (Lipinski definition) is 2. The Morgan fingerprint density at radius 2 is 1.80 bits per heavy atom. The molecule has 0 amide bonds. The van der Waals surface area contributed by atoms with Gasteiger partial charge in [-0.2, -0.15) is 11.8 Å². The van der Waals surface area contributed by atoms with E-state index in [1.54, 1.807) is 0 Å². The zero-order valence-corrected chi connectivity index (χ0v) is 24.7. The van der Waals surface area contributed by atoms with Crippen molar-refractivity contribution in [2.75, 3.05) is 5.75 Å². The normalized spacial score (nSPS) is 15.7. The van der Waals surface area contributed by atoms with E-state index >= 15 is 0 Å². The van der Waals surface area contributed by atoms with E-state index in [0.29, 0.717) is 6.42 Å². The molecule has 1 saturated carbocycles. The van der Waals surface area contributed by atoms with Gasteiger partial charge in [-0.05, 0) is 97.7 Å². The first-order valence-electron chi connectivity index (χ1n) is 14.7. The van der Waals surface area contributed by atoms with Crippen molar-refractivity contribution in [3.05, 3.63) is 100 Å². The molecule has 2 atom stereocenters. The number of carbonyl (C=O) groups is 1. The van der Waals surface area contributed by atoms with Crippen molar-refractivity contribution in [2.45, 2.75) is 83.0 Å². The number of nitrogens with zero attached hydrogens (tertiary/aromatic N) is 1. The molecule has 4 nitrogen and oxygen atoms in total. The Morgan fingerprint density at radius 3 is 2.52 bits per heavy atom. The highest BCUT2D eigenvalue weighted by Crippen LogP contribution is 2.53.